The minimum atomic E-state index is -6.72. The predicted molar refractivity (Wildman–Crippen MR) is 115 cm³/mol. The summed E-state index contributed by atoms with van der Waals surface area (Å²) in [6, 6.07) is 0. The maximum Gasteiger partial charge on any atom is 0.437 e. The van der Waals surface area contributed by atoms with Crippen molar-refractivity contribution < 1.29 is 80.5 Å². The van der Waals surface area contributed by atoms with Crippen LogP contribution in [0.15, 0.2) is 0 Å². The lowest BCUT2D eigenvalue weighted by Gasteiger charge is -2.51. The molecule has 250 valence electrons. The Hall–Kier alpha value is -1.62. The van der Waals surface area contributed by atoms with E-state index in [2.05, 4.69) is 4.74 Å². The number of ether oxygens (including phenoxy) is 1. The van der Waals surface area contributed by atoms with Crippen LogP contribution in [0.4, 0.5) is 65.9 Å². The minimum Gasteiger partial charge on any atom is -0.438 e. The summed E-state index contributed by atoms with van der Waals surface area (Å²) in [5.74, 6) is -9.08. The lowest BCUT2D eigenvalue weighted by Crippen LogP contribution is -2.68. The van der Waals surface area contributed by atoms with Gasteiger partial charge in [-0.05, 0) is 42.9 Å². The van der Waals surface area contributed by atoms with Crippen molar-refractivity contribution in [1.82, 2.24) is 0 Å². The van der Waals surface area contributed by atoms with E-state index in [1.807, 2.05) is 0 Å². The summed E-state index contributed by atoms with van der Waals surface area (Å²) < 4.78 is 213. The van der Waals surface area contributed by atoms with Gasteiger partial charge in [0.25, 0.3) is 5.60 Å². The van der Waals surface area contributed by atoms with Crippen molar-refractivity contribution in [2.75, 3.05) is 0 Å². The molecule has 0 aromatic carbocycles. The standard InChI is InChI=1S/C24H31F15O3/c1-15(2,3)11-17(16(4,5)6,20(25,26)27)14(40)42-19(23(34,35)36,24(37,38)39)13-9-7-12(8-10-13)18(41,21(28,29)30)22(31,32)33/h12-13,41H,7-11H2,1-6H3. The van der Waals surface area contributed by atoms with Gasteiger partial charge in [0.15, 0.2) is 5.41 Å². The molecule has 0 aromatic rings. The molecule has 0 bridgehead atoms. The normalized spacial score (nSPS) is 22.5. The molecule has 0 aliphatic heterocycles. The summed E-state index contributed by atoms with van der Waals surface area (Å²) >= 11 is 0. The molecule has 0 spiro atoms. The monoisotopic (exact) mass is 652 g/mol. The summed E-state index contributed by atoms with van der Waals surface area (Å²) in [4.78, 5) is 13.2. The Morgan fingerprint density at radius 1 is 0.595 bits per heavy atom. The van der Waals surface area contributed by atoms with Gasteiger partial charge in [-0.15, -0.1) is 0 Å². The highest BCUT2D eigenvalue weighted by molar-refractivity contribution is 5.80. The summed E-state index contributed by atoms with van der Waals surface area (Å²) in [5, 5.41) is 9.55. The fraction of sp³-hybridized carbons (Fsp3) is 0.958. The van der Waals surface area contributed by atoms with Crippen molar-refractivity contribution in [3.05, 3.63) is 0 Å². The smallest absolute Gasteiger partial charge is 0.437 e. The van der Waals surface area contributed by atoms with Gasteiger partial charge in [0.1, 0.15) is 0 Å². The molecule has 18 heteroatoms. The Balaban J connectivity index is 3.85. The first-order valence-corrected chi connectivity index (χ1v) is 12.3. The molecule has 3 nitrogen and oxygen atoms in total. The van der Waals surface area contributed by atoms with Crippen LogP contribution in [0.25, 0.3) is 0 Å². The molecular formula is C24H31F15O3. The Morgan fingerprint density at radius 2 is 0.929 bits per heavy atom. The van der Waals surface area contributed by atoms with Gasteiger partial charge in [0.2, 0.25) is 0 Å². The number of halogens is 15. The highest BCUT2D eigenvalue weighted by Gasteiger charge is 2.81. The van der Waals surface area contributed by atoms with E-state index in [1.54, 1.807) is 0 Å². The average molecular weight is 652 g/mol. The number of rotatable bonds is 5. The van der Waals surface area contributed by atoms with Crippen molar-refractivity contribution in [2.24, 2.45) is 28.1 Å². The molecule has 1 unspecified atom stereocenters. The second kappa shape index (κ2) is 10.8. The lowest BCUT2D eigenvalue weighted by molar-refractivity contribution is -0.402. The molecule has 1 aliphatic carbocycles. The molecule has 1 atom stereocenters. The van der Waals surface area contributed by atoms with Crippen LogP contribution in [0.2, 0.25) is 0 Å². The largest absolute Gasteiger partial charge is 0.438 e. The summed E-state index contributed by atoms with van der Waals surface area (Å²) in [6.07, 6.45) is -40.5. The number of alkyl halides is 15. The van der Waals surface area contributed by atoms with E-state index in [9.17, 15) is 75.8 Å². The highest BCUT2D eigenvalue weighted by atomic mass is 19.4. The van der Waals surface area contributed by atoms with E-state index in [-0.39, 0.29) is 0 Å². The van der Waals surface area contributed by atoms with Crippen molar-refractivity contribution >= 4 is 5.97 Å². The highest BCUT2D eigenvalue weighted by Crippen LogP contribution is 2.62. The zero-order valence-corrected chi connectivity index (χ0v) is 23.1. The molecule has 0 aromatic heterocycles. The molecule has 1 fully saturated rings. The van der Waals surface area contributed by atoms with Crippen LogP contribution < -0.4 is 0 Å². The lowest BCUT2D eigenvalue weighted by atomic mass is 9.59. The zero-order chi connectivity index (χ0) is 34.0. The van der Waals surface area contributed by atoms with Crippen LogP contribution in [0.3, 0.4) is 0 Å². The number of aliphatic hydroxyl groups is 1. The second-order valence-electron chi connectivity index (χ2n) is 12.8. The number of carbonyl (C=O) groups is 1. The molecule has 0 amide bonds. The third kappa shape index (κ3) is 6.42. The molecule has 42 heavy (non-hydrogen) atoms. The van der Waals surface area contributed by atoms with Crippen LogP contribution in [0.5, 0.6) is 0 Å². The molecule has 1 aliphatic rings. The fourth-order valence-corrected chi connectivity index (χ4v) is 5.68. The number of hydrogen-bond donors (Lipinski definition) is 1. The van der Waals surface area contributed by atoms with E-state index in [0.29, 0.717) is 0 Å². The Bertz CT molecular complexity index is 907. The Labute approximate surface area is 231 Å². The maximum absolute atomic E-state index is 14.6. The van der Waals surface area contributed by atoms with E-state index < -0.39 is 108 Å². The first kappa shape index (κ1) is 38.4. The second-order valence-corrected chi connectivity index (χ2v) is 12.8. The summed E-state index contributed by atoms with van der Waals surface area (Å²) in [7, 11) is 0. The van der Waals surface area contributed by atoms with Crippen LogP contribution in [0, 0.1) is 28.1 Å². The van der Waals surface area contributed by atoms with Gasteiger partial charge in [-0.3, -0.25) is 4.79 Å². The van der Waals surface area contributed by atoms with Crippen molar-refractivity contribution in [3.63, 3.8) is 0 Å². The molecule has 0 radical (unpaired) electrons. The summed E-state index contributed by atoms with van der Waals surface area (Å²) in [5.41, 5.74) is -19.2. The molecule has 1 N–H and O–H groups in total. The molecule has 0 saturated heterocycles. The SMILES string of the molecule is CC(C)(C)CC(C(=O)OC(C1CCC(C(O)(C(F)(F)F)C(F)(F)F)CC1)(C(F)(F)F)C(F)(F)F)(C(C)(C)C)C(F)(F)F. The first-order valence-electron chi connectivity index (χ1n) is 12.3. The van der Waals surface area contributed by atoms with Gasteiger partial charge in [-0.1, -0.05) is 41.5 Å². The molecule has 1 rings (SSSR count). The maximum atomic E-state index is 14.6. The van der Waals surface area contributed by atoms with Gasteiger partial charge in [0, 0.05) is 11.8 Å². The zero-order valence-electron chi connectivity index (χ0n) is 23.1. The minimum absolute atomic E-state index is 0.733. The van der Waals surface area contributed by atoms with Crippen LogP contribution in [-0.2, 0) is 9.53 Å². The molecule has 1 saturated carbocycles. The fourth-order valence-electron chi connectivity index (χ4n) is 5.68. The van der Waals surface area contributed by atoms with Crippen molar-refractivity contribution in [2.45, 2.75) is 116 Å². The molecular weight excluding hydrogens is 621 g/mol. The Morgan fingerprint density at radius 3 is 1.17 bits per heavy atom. The number of carbonyl (C=O) groups excluding carboxylic acids is 1. The van der Waals surface area contributed by atoms with Gasteiger partial charge < -0.3 is 9.84 Å². The van der Waals surface area contributed by atoms with E-state index >= 15 is 0 Å². The Kier molecular flexibility index (Phi) is 9.85. The van der Waals surface area contributed by atoms with Crippen molar-refractivity contribution in [3.8, 4) is 0 Å². The van der Waals surface area contributed by atoms with Crippen molar-refractivity contribution in [1.29, 1.82) is 0 Å². The van der Waals surface area contributed by atoms with E-state index in [4.69, 9.17) is 0 Å². The van der Waals surface area contributed by atoms with E-state index in [0.717, 1.165) is 41.5 Å². The number of hydrogen-bond acceptors (Lipinski definition) is 3. The van der Waals surface area contributed by atoms with Gasteiger partial charge in [0.05, 0.1) is 0 Å². The average Bonchev–Trinajstić information content (AvgIpc) is 2.69. The van der Waals surface area contributed by atoms with Crippen LogP contribution in [0.1, 0.15) is 73.6 Å². The number of esters is 1. The molecule has 0 heterocycles. The van der Waals surface area contributed by atoms with Gasteiger partial charge >= 0.3 is 42.5 Å². The van der Waals surface area contributed by atoms with Gasteiger partial charge in [-0.2, -0.15) is 65.9 Å². The van der Waals surface area contributed by atoms with Crippen LogP contribution in [-0.4, -0.2) is 53.2 Å². The topological polar surface area (TPSA) is 46.5 Å². The summed E-state index contributed by atoms with van der Waals surface area (Å²) in [6.45, 7) is 5.56. The van der Waals surface area contributed by atoms with Gasteiger partial charge in [-0.25, -0.2) is 0 Å². The van der Waals surface area contributed by atoms with Crippen LogP contribution >= 0.6 is 0 Å². The third-order valence-corrected chi connectivity index (χ3v) is 7.76. The quantitative estimate of drug-likeness (QED) is 0.238. The van der Waals surface area contributed by atoms with E-state index in [1.165, 1.54) is 0 Å². The predicted octanol–water partition coefficient (Wildman–Crippen LogP) is 9.09. The third-order valence-electron chi connectivity index (χ3n) is 7.76. The first-order chi connectivity index (χ1) is 18.0.